The molecule has 0 atom stereocenters. The van der Waals surface area contributed by atoms with Crippen molar-refractivity contribution in [1.82, 2.24) is 10.2 Å². The molecule has 32 heavy (non-hydrogen) atoms. The number of carbonyl (C=O) groups excluding carboxylic acids is 4. The summed E-state index contributed by atoms with van der Waals surface area (Å²) in [6, 6.07) is 14.3. The number of anilines is 2. The van der Waals surface area contributed by atoms with E-state index in [1.54, 1.807) is 24.3 Å². The fourth-order valence-corrected chi connectivity index (χ4v) is 4.22. The van der Waals surface area contributed by atoms with Crippen LogP contribution in [0.5, 0.6) is 0 Å². The van der Waals surface area contributed by atoms with Gasteiger partial charge in [-0.15, -0.1) is 0 Å². The molecule has 2 aromatic carbocycles. The largest absolute Gasteiger partial charge is 0.329 e. The molecule has 1 saturated carbocycles. The Kier molecular flexibility index (Phi) is 6.27. The van der Waals surface area contributed by atoms with E-state index >= 15 is 0 Å². The summed E-state index contributed by atoms with van der Waals surface area (Å²) >= 11 is 3.43. The molecule has 0 aromatic heterocycles. The lowest BCUT2D eigenvalue weighted by Gasteiger charge is -2.40. The number of carbonyl (C=O) groups is 4. The first-order valence-corrected chi connectivity index (χ1v) is 11.2. The molecule has 1 aliphatic carbocycles. The second kappa shape index (κ2) is 9.12. The third kappa shape index (κ3) is 4.52. The highest BCUT2D eigenvalue weighted by molar-refractivity contribution is 9.10. The summed E-state index contributed by atoms with van der Waals surface area (Å²) in [6.07, 6.45) is 2.64. The molecule has 2 aromatic rings. The van der Waals surface area contributed by atoms with Crippen molar-refractivity contribution in [3.8, 4) is 0 Å². The van der Waals surface area contributed by atoms with Crippen molar-refractivity contribution in [2.75, 3.05) is 23.7 Å². The maximum atomic E-state index is 13.1. The number of nitrogens with one attached hydrogen (secondary N) is 3. The van der Waals surface area contributed by atoms with Gasteiger partial charge in [-0.05, 0) is 54.8 Å². The Morgan fingerprint density at radius 2 is 1.59 bits per heavy atom. The molecule has 2 fully saturated rings. The van der Waals surface area contributed by atoms with E-state index in [2.05, 4.69) is 31.9 Å². The van der Waals surface area contributed by atoms with Crippen LogP contribution in [0.15, 0.2) is 53.0 Å². The summed E-state index contributed by atoms with van der Waals surface area (Å²) in [5.74, 6) is -0.676. The molecule has 1 aliphatic heterocycles. The highest BCUT2D eigenvalue weighted by atomic mass is 79.9. The van der Waals surface area contributed by atoms with E-state index in [-0.39, 0.29) is 37.2 Å². The molecule has 0 spiro atoms. The number of urea groups is 1. The molecule has 2 aliphatic rings. The lowest BCUT2D eigenvalue weighted by molar-refractivity contribution is -0.126. The van der Waals surface area contributed by atoms with Crippen molar-refractivity contribution < 1.29 is 19.2 Å². The molecular formula is C23H23BrN4O4. The maximum Gasteiger partial charge on any atom is 0.324 e. The highest BCUT2D eigenvalue weighted by Crippen LogP contribution is 2.44. The number of hydrogen-bond donors (Lipinski definition) is 3. The first-order valence-electron chi connectivity index (χ1n) is 10.4. The van der Waals surface area contributed by atoms with E-state index in [0.29, 0.717) is 11.4 Å². The van der Waals surface area contributed by atoms with Crippen LogP contribution in [-0.4, -0.2) is 41.7 Å². The number of halogens is 1. The Labute approximate surface area is 193 Å². The second-order valence-corrected chi connectivity index (χ2v) is 8.89. The number of benzene rings is 2. The monoisotopic (exact) mass is 498 g/mol. The molecule has 0 unspecified atom stereocenters. The Bertz CT molecular complexity index is 1030. The quantitative estimate of drug-likeness (QED) is 0.508. The fourth-order valence-electron chi connectivity index (χ4n) is 3.95. The molecule has 1 heterocycles. The van der Waals surface area contributed by atoms with Crippen LogP contribution < -0.4 is 16.0 Å². The molecule has 0 radical (unpaired) electrons. The van der Waals surface area contributed by atoms with Crippen molar-refractivity contribution in [1.29, 1.82) is 0 Å². The molecule has 8 nitrogen and oxygen atoms in total. The van der Waals surface area contributed by atoms with Gasteiger partial charge in [0.1, 0.15) is 0 Å². The lowest BCUT2D eigenvalue weighted by atomic mass is 9.64. The van der Waals surface area contributed by atoms with Gasteiger partial charge in [0.05, 0.1) is 12.0 Å². The predicted octanol–water partition coefficient (Wildman–Crippen LogP) is 3.39. The average molecular weight is 499 g/mol. The Hall–Kier alpha value is -3.20. The van der Waals surface area contributed by atoms with Gasteiger partial charge in [-0.3, -0.25) is 19.3 Å². The van der Waals surface area contributed by atoms with E-state index < -0.39 is 11.4 Å². The van der Waals surface area contributed by atoms with Crippen molar-refractivity contribution in [2.45, 2.75) is 31.1 Å². The minimum Gasteiger partial charge on any atom is -0.329 e. The minimum absolute atomic E-state index is 0.00730. The molecule has 9 heteroatoms. The van der Waals surface area contributed by atoms with Crippen molar-refractivity contribution in [3.63, 3.8) is 0 Å². The zero-order chi connectivity index (χ0) is 22.7. The van der Waals surface area contributed by atoms with Gasteiger partial charge < -0.3 is 16.0 Å². The topological polar surface area (TPSA) is 108 Å². The summed E-state index contributed by atoms with van der Waals surface area (Å²) in [5, 5.41) is 8.15. The molecule has 4 rings (SSSR count). The van der Waals surface area contributed by atoms with Crippen LogP contribution in [0.4, 0.5) is 16.2 Å². The van der Waals surface area contributed by atoms with E-state index in [4.69, 9.17) is 0 Å². The van der Waals surface area contributed by atoms with Gasteiger partial charge >= 0.3 is 6.03 Å². The summed E-state index contributed by atoms with van der Waals surface area (Å²) < 4.78 is 0.976. The predicted molar refractivity (Wildman–Crippen MR) is 123 cm³/mol. The SMILES string of the molecule is O=C(CCN1C(=O)CNC1=O)Nc1ccc(NC(=O)C2(c3ccc(Br)cc3)CCC2)cc1. The third-order valence-corrected chi connectivity index (χ3v) is 6.49. The standard InChI is InChI=1S/C23H23BrN4O4/c24-16-4-2-15(3-5-16)23(11-1-12-23)21(31)27-18-8-6-17(7-9-18)26-19(29)10-13-28-20(30)14-25-22(28)32/h2-9H,1,10-14H2,(H,25,32)(H,26,29)(H,27,31). The normalized spacial score (nSPS) is 16.8. The number of imide groups is 1. The summed E-state index contributed by atoms with van der Waals surface area (Å²) in [6.45, 7) is -0.000476. The van der Waals surface area contributed by atoms with Crippen LogP contribution in [-0.2, 0) is 19.8 Å². The van der Waals surface area contributed by atoms with Crippen molar-refractivity contribution in [2.24, 2.45) is 0 Å². The number of hydrogen-bond acceptors (Lipinski definition) is 4. The number of rotatable bonds is 7. The smallest absolute Gasteiger partial charge is 0.324 e. The van der Waals surface area contributed by atoms with E-state index in [1.165, 1.54) is 0 Å². The van der Waals surface area contributed by atoms with Gasteiger partial charge in [-0.2, -0.15) is 0 Å². The Morgan fingerprint density at radius 3 is 2.12 bits per heavy atom. The van der Waals surface area contributed by atoms with Crippen LogP contribution >= 0.6 is 15.9 Å². The second-order valence-electron chi connectivity index (χ2n) is 7.98. The van der Waals surface area contributed by atoms with E-state index in [1.807, 2.05) is 24.3 Å². The first-order chi connectivity index (χ1) is 15.4. The molecule has 166 valence electrons. The van der Waals surface area contributed by atoms with Crippen LogP contribution in [0.1, 0.15) is 31.2 Å². The fraction of sp³-hybridized carbons (Fsp3) is 0.304. The van der Waals surface area contributed by atoms with Crippen LogP contribution in [0.2, 0.25) is 0 Å². The Morgan fingerprint density at radius 1 is 0.969 bits per heavy atom. The zero-order valence-corrected chi connectivity index (χ0v) is 18.9. The average Bonchev–Trinajstić information content (AvgIpc) is 3.06. The summed E-state index contributed by atoms with van der Waals surface area (Å²) in [5.41, 5.74) is 1.72. The van der Waals surface area contributed by atoms with Crippen molar-refractivity contribution >= 4 is 51.1 Å². The highest BCUT2D eigenvalue weighted by Gasteiger charge is 2.45. The lowest BCUT2D eigenvalue weighted by Crippen LogP contribution is -2.45. The third-order valence-electron chi connectivity index (χ3n) is 5.96. The number of amides is 5. The van der Waals surface area contributed by atoms with Crippen molar-refractivity contribution in [3.05, 3.63) is 58.6 Å². The van der Waals surface area contributed by atoms with Gasteiger partial charge in [0.2, 0.25) is 17.7 Å². The molecule has 5 amide bonds. The Balaban J connectivity index is 1.33. The van der Waals surface area contributed by atoms with E-state index in [9.17, 15) is 19.2 Å². The van der Waals surface area contributed by atoms with Crippen LogP contribution in [0.3, 0.4) is 0 Å². The summed E-state index contributed by atoms with van der Waals surface area (Å²) in [4.78, 5) is 49.3. The van der Waals surface area contributed by atoms with Crippen LogP contribution in [0.25, 0.3) is 0 Å². The zero-order valence-electron chi connectivity index (χ0n) is 17.3. The van der Waals surface area contributed by atoms with Crippen LogP contribution in [0, 0.1) is 0 Å². The van der Waals surface area contributed by atoms with Gasteiger partial charge in [-0.25, -0.2) is 4.79 Å². The number of nitrogens with zero attached hydrogens (tertiary/aromatic N) is 1. The van der Waals surface area contributed by atoms with Gasteiger partial charge in [0, 0.05) is 28.8 Å². The van der Waals surface area contributed by atoms with Gasteiger partial charge in [0.25, 0.3) is 0 Å². The summed E-state index contributed by atoms with van der Waals surface area (Å²) in [7, 11) is 0. The maximum absolute atomic E-state index is 13.1. The molecule has 1 saturated heterocycles. The van der Waals surface area contributed by atoms with Gasteiger partial charge in [-0.1, -0.05) is 34.5 Å². The van der Waals surface area contributed by atoms with E-state index in [0.717, 1.165) is 34.2 Å². The molecule has 0 bridgehead atoms. The molecule has 3 N–H and O–H groups in total. The van der Waals surface area contributed by atoms with Gasteiger partial charge in [0.15, 0.2) is 0 Å². The molecular weight excluding hydrogens is 476 g/mol. The first kappa shape index (κ1) is 22.0. The minimum atomic E-state index is -0.507.